The molecule has 0 fully saturated rings. The SMILES string of the molecule is CC(C)COc1ccc2nc(C(Cc3cccc(C(=N)N)c3)NS(=O)(=O)c3ccccc3)sc2c1. The molecule has 0 aliphatic rings. The molecule has 1 aromatic heterocycles. The average Bonchev–Trinajstić information content (AvgIpc) is 3.26. The van der Waals surface area contributed by atoms with Crippen LogP contribution >= 0.6 is 11.3 Å². The first-order valence-corrected chi connectivity index (χ1v) is 13.6. The standard InChI is InChI=1S/C26H28N4O3S2/c1-17(2)16-33-20-11-12-22-24(15-20)34-26(29-22)23(14-18-7-6-8-19(13-18)25(27)28)30-35(31,32)21-9-4-3-5-10-21/h3-13,15,17,23,30H,14,16H2,1-2H3,(H3,27,28). The number of rotatable bonds is 10. The molecule has 0 spiro atoms. The van der Waals surface area contributed by atoms with Crippen molar-refractivity contribution in [2.24, 2.45) is 11.7 Å². The largest absolute Gasteiger partial charge is 0.493 e. The molecule has 0 radical (unpaired) electrons. The van der Waals surface area contributed by atoms with Crippen molar-refractivity contribution in [3.63, 3.8) is 0 Å². The Labute approximate surface area is 209 Å². The summed E-state index contributed by atoms with van der Waals surface area (Å²) < 4.78 is 36.0. The fourth-order valence-corrected chi connectivity index (χ4v) is 5.90. The zero-order chi connectivity index (χ0) is 25.0. The van der Waals surface area contributed by atoms with Gasteiger partial charge in [0.15, 0.2) is 0 Å². The van der Waals surface area contributed by atoms with Gasteiger partial charge in [0.1, 0.15) is 16.6 Å². The van der Waals surface area contributed by atoms with E-state index in [2.05, 4.69) is 18.6 Å². The fourth-order valence-electron chi connectivity index (χ4n) is 3.56. The van der Waals surface area contributed by atoms with Crippen LogP contribution in [0.5, 0.6) is 5.75 Å². The minimum atomic E-state index is -3.79. The highest BCUT2D eigenvalue weighted by Gasteiger charge is 2.25. The first kappa shape index (κ1) is 24.8. The molecule has 1 atom stereocenters. The quantitative estimate of drug-likeness (QED) is 0.208. The summed E-state index contributed by atoms with van der Waals surface area (Å²) in [4.78, 5) is 4.94. The van der Waals surface area contributed by atoms with E-state index in [-0.39, 0.29) is 10.7 Å². The van der Waals surface area contributed by atoms with Crippen LogP contribution in [-0.2, 0) is 16.4 Å². The molecule has 0 aliphatic carbocycles. The third-order valence-corrected chi connectivity index (χ3v) is 7.91. The summed E-state index contributed by atoms with van der Waals surface area (Å²) in [6, 6.07) is 20.6. The van der Waals surface area contributed by atoms with Crippen LogP contribution in [0.25, 0.3) is 10.2 Å². The maximum Gasteiger partial charge on any atom is 0.241 e. The highest BCUT2D eigenvalue weighted by Crippen LogP contribution is 2.32. The van der Waals surface area contributed by atoms with Gasteiger partial charge in [-0.2, -0.15) is 0 Å². The molecule has 7 nitrogen and oxygen atoms in total. The molecular formula is C26H28N4O3S2. The number of benzene rings is 3. The number of nitrogens with zero attached hydrogens (tertiary/aromatic N) is 1. The van der Waals surface area contributed by atoms with Gasteiger partial charge in [-0.3, -0.25) is 5.41 Å². The van der Waals surface area contributed by atoms with Crippen molar-refractivity contribution in [1.82, 2.24) is 9.71 Å². The topological polar surface area (TPSA) is 118 Å². The number of thiazole rings is 1. The maximum atomic E-state index is 13.2. The van der Waals surface area contributed by atoms with Crippen LogP contribution in [0.15, 0.2) is 77.7 Å². The Kier molecular flexibility index (Phi) is 7.49. The summed E-state index contributed by atoms with van der Waals surface area (Å²) in [5.74, 6) is 1.13. The van der Waals surface area contributed by atoms with Crippen molar-refractivity contribution in [2.45, 2.75) is 31.2 Å². The first-order chi connectivity index (χ1) is 16.7. The third-order valence-electron chi connectivity index (χ3n) is 5.29. The number of nitrogens with one attached hydrogen (secondary N) is 2. The van der Waals surface area contributed by atoms with Gasteiger partial charge >= 0.3 is 0 Å². The number of aromatic nitrogens is 1. The van der Waals surface area contributed by atoms with Gasteiger partial charge in [0.05, 0.1) is 27.8 Å². The molecule has 0 aliphatic heterocycles. The highest BCUT2D eigenvalue weighted by atomic mass is 32.2. The van der Waals surface area contributed by atoms with Gasteiger partial charge in [0, 0.05) is 5.56 Å². The van der Waals surface area contributed by atoms with Crippen LogP contribution in [0.4, 0.5) is 0 Å². The number of sulfonamides is 1. The zero-order valence-corrected chi connectivity index (χ0v) is 21.2. The lowest BCUT2D eigenvalue weighted by Gasteiger charge is -2.17. The second-order valence-electron chi connectivity index (χ2n) is 8.69. The summed E-state index contributed by atoms with van der Waals surface area (Å²) in [5.41, 5.74) is 7.87. The van der Waals surface area contributed by atoms with Crippen molar-refractivity contribution in [3.05, 3.63) is 88.9 Å². The fraction of sp³-hybridized carbons (Fsp3) is 0.231. The summed E-state index contributed by atoms with van der Waals surface area (Å²) >= 11 is 1.43. The Balaban J connectivity index is 1.70. The van der Waals surface area contributed by atoms with E-state index in [0.717, 1.165) is 21.5 Å². The average molecular weight is 509 g/mol. The number of ether oxygens (including phenoxy) is 1. The molecule has 0 saturated carbocycles. The maximum absolute atomic E-state index is 13.2. The van der Waals surface area contributed by atoms with E-state index in [1.54, 1.807) is 42.5 Å². The molecular weight excluding hydrogens is 480 g/mol. The van der Waals surface area contributed by atoms with Crippen LogP contribution in [0.3, 0.4) is 0 Å². The molecule has 4 N–H and O–H groups in total. The summed E-state index contributed by atoms with van der Waals surface area (Å²) in [5, 5.41) is 8.38. The molecule has 1 heterocycles. The second kappa shape index (κ2) is 10.6. The van der Waals surface area contributed by atoms with Gasteiger partial charge in [0.2, 0.25) is 10.0 Å². The number of nitrogen functional groups attached to an aromatic ring is 1. The van der Waals surface area contributed by atoms with Gasteiger partial charge in [-0.15, -0.1) is 11.3 Å². The van der Waals surface area contributed by atoms with Crippen LogP contribution in [-0.4, -0.2) is 25.8 Å². The monoisotopic (exact) mass is 508 g/mol. The molecule has 35 heavy (non-hydrogen) atoms. The summed E-state index contributed by atoms with van der Waals surface area (Å²) in [6.45, 7) is 4.80. The van der Waals surface area contributed by atoms with Gasteiger partial charge in [-0.25, -0.2) is 18.1 Å². The van der Waals surface area contributed by atoms with Crippen molar-refractivity contribution >= 4 is 37.4 Å². The Morgan fingerprint density at radius 1 is 1.09 bits per heavy atom. The van der Waals surface area contributed by atoms with Gasteiger partial charge in [-0.1, -0.05) is 50.2 Å². The molecule has 4 rings (SSSR count). The predicted octanol–water partition coefficient (Wildman–Crippen LogP) is 4.88. The number of amidine groups is 1. The van der Waals surface area contributed by atoms with E-state index in [1.165, 1.54) is 11.3 Å². The lowest BCUT2D eigenvalue weighted by Crippen LogP contribution is -2.30. The van der Waals surface area contributed by atoms with Crippen LogP contribution in [0.1, 0.15) is 36.0 Å². The van der Waals surface area contributed by atoms with E-state index in [0.29, 0.717) is 29.5 Å². The minimum absolute atomic E-state index is 0.0396. The molecule has 0 amide bonds. The lowest BCUT2D eigenvalue weighted by atomic mass is 10.0. The predicted molar refractivity (Wildman–Crippen MR) is 141 cm³/mol. The number of hydrogen-bond acceptors (Lipinski definition) is 6. The zero-order valence-electron chi connectivity index (χ0n) is 19.6. The van der Waals surface area contributed by atoms with Crippen molar-refractivity contribution in [1.29, 1.82) is 5.41 Å². The Hall–Kier alpha value is -3.27. The van der Waals surface area contributed by atoms with Crippen LogP contribution < -0.4 is 15.2 Å². The van der Waals surface area contributed by atoms with Crippen LogP contribution in [0.2, 0.25) is 0 Å². The lowest BCUT2D eigenvalue weighted by molar-refractivity contribution is 0.271. The number of nitrogens with two attached hydrogens (primary N) is 1. The molecule has 0 bridgehead atoms. The van der Waals surface area contributed by atoms with E-state index in [4.69, 9.17) is 20.9 Å². The van der Waals surface area contributed by atoms with Crippen LogP contribution in [0, 0.1) is 11.3 Å². The van der Waals surface area contributed by atoms with E-state index >= 15 is 0 Å². The molecule has 1 unspecified atom stereocenters. The molecule has 0 saturated heterocycles. The number of hydrogen-bond donors (Lipinski definition) is 3. The molecule has 4 aromatic rings. The minimum Gasteiger partial charge on any atom is -0.493 e. The van der Waals surface area contributed by atoms with Crippen molar-refractivity contribution in [3.8, 4) is 5.75 Å². The van der Waals surface area contributed by atoms with E-state index in [9.17, 15) is 8.42 Å². The molecule has 3 aromatic carbocycles. The number of fused-ring (bicyclic) bond motifs is 1. The molecule has 182 valence electrons. The van der Waals surface area contributed by atoms with Gasteiger partial charge in [-0.05, 0) is 54.3 Å². The van der Waals surface area contributed by atoms with Gasteiger partial charge in [0.25, 0.3) is 0 Å². The normalized spacial score (nSPS) is 12.7. The van der Waals surface area contributed by atoms with E-state index < -0.39 is 16.1 Å². The Morgan fingerprint density at radius 2 is 1.86 bits per heavy atom. The van der Waals surface area contributed by atoms with E-state index in [1.807, 2.05) is 30.3 Å². The Bertz CT molecular complexity index is 1430. The van der Waals surface area contributed by atoms with Crippen molar-refractivity contribution < 1.29 is 13.2 Å². The second-order valence-corrected chi connectivity index (χ2v) is 11.5. The molecule has 9 heteroatoms. The van der Waals surface area contributed by atoms with Gasteiger partial charge < -0.3 is 10.5 Å². The highest BCUT2D eigenvalue weighted by molar-refractivity contribution is 7.89. The smallest absolute Gasteiger partial charge is 0.241 e. The summed E-state index contributed by atoms with van der Waals surface area (Å²) in [7, 11) is -3.79. The van der Waals surface area contributed by atoms with Crippen molar-refractivity contribution in [2.75, 3.05) is 6.61 Å². The third kappa shape index (κ3) is 6.25. The summed E-state index contributed by atoms with van der Waals surface area (Å²) in [6.07, 6.45) is 0.351. The first-order valence-electron chi connectivity index (χ1n) is 11.3. The Morgan fingerprint density at radius 3 is 2.57 bits per heavy atom.